The van der Waals surface area contributed by atoms with Gasteiger partial charge in [0.2, 0.25) is 0 Å². The Hall–Kier alpha value is -3.66. The SMILES string of the molecule is CC1(c2ccc(Cl)cc2F)COc2cccc(C3CCN(Cc4nc5ccc(C(=O)O)cc5n4CC4CCO4)CC3)c2O1. The molecule has 3 aromatic carbocycles. The Labute approximate surface area is 253 Å². The van der Waals surface area contributed by atoms with Crippen molar-refractivity contribution in [1.29, 1.82) is 0 Å². The van der Waals surface area contributed by atoms with Gasteiger partial charge in [-0.1, -0.05) is 29.8 Å². The fourth-order valence-corrected chi connectivity index (χ4v) is 6.62. The number of imidazole rings is 1. The Balaban J connectivity index is 1.09. The second-order valence-electron chi connectivity index (χ2n) is 11.9. The van der Waals surface area contributed by atoms with E-state index in [0.717, 1.165) is 61.4 Å². The Morgan fingerprint density at radius 3 is 2.67 bits per heavy atom. The number of carboxylic acids is 1. The normalized spacial score (nSPS) is 22.4. The number of hydrogen-bond acceptors (Lipinski definition) is 6. The summed E-state index contributed by atoms with van der Waals surface area (Å²) in [4.78, 5) is 18.9. The molecule has 4 heterocycles. The molecule has 43 heavy (non-hydrogen) atoms. The van der Waals surface area contributed by atoms with E-state index >= 15 is 0 Å². The van der Waals surface area contributed by atoms with E-state index in [2.05, 4.69) is 15.5 Å². The number of carboxylic acid groups (broad SMARTS) is 1. The van der Waals surface area contributed by atoms with Gasteiger partial charge in [-0.2, -0.15) is 0 Å². The van der Waals surface area contributed by atoms with E-state index in [0.29, 0.717) is 35.2 Å². The van der Waals surface area contributed by atoms with Gasteiger partial charge in [-0.05, 0) is 81.6 Å². The molecule has 0 spiro atoms. The summed E-state index contributed by atoms with van der Waals surface area (Å²) < 4.78 is 35.5. The van der Waals surface area contributed by atoms with Crippen LogP contribution < -0.4 is 9.47 Å². The molecule has 4 aromatic rings. The minimum absolute atomic E-state index is 0.119. The number of hydrogen-bond donors (Lipinski definition) is 1. The molecule has 1 aromatic heterocycles. The van der Waals surface area contributed by atoms with Crippen molar-refractivity contribution in [2.75, 3.05) is 26.3 Å². The molecule has 0 aliphatic carbocycles. The summed E-state index contributed by atoms with van der Waals surface area (Å²) in [6, 6.07) is 15.7. The van der Waals surface area contributed by atoms with Crippen LogP contribution in [0.15, 0.2) is 54.6 Å². The zero-order chi connectivity index (χ0) is 29.7. The predicted molar refractivity (Wildman–Crippen MR) is 160 cm³/mol. The van der Waals surface area contributed by atoms with Crippen LogP contribution in [0, 0.1) is 5.82 Å². The number of benzene rings is 3. The van der Waals surface area contributed by atoms with Gasteiger partial charge >= 0.3 is 5.97 Å². The van der Waals surface area contributed by atoms with E-state index in [4.69, 9.17) is 30.8 Å². The molecule has 2 saturated heterocycles. The average Bonchev–Trinajstić information content (AvgIpc) is 3.30. The lowest BCUT2D eigenvalue weighted by Gasteiger charge is -2.39. The second-order valence-corrected chi connectivity index (χ2v) is 12.3. The highest BCUT2D eigenvalue weighted by molar-refractivity contribution is 6.30. The van der Waals surface area contributed by atoms with E-state index in [1.165, 1.54) is 6.07 Å². The van der Waals surface area contributed by atoms with Crippen LogP contribution >= 0.6 is 11.6 Å². The molecule has 2 unspecified atom stereocenters. The molecule has 2 fully saturated rings. The maximum atomic E-state index is 14.9. The lowest BCUT2D eigenvalue weighted by Crippen LogP contribution is -2.41. The number of rotatable bonds is 7. The number of fused-ring (bicyclic) bond motifs is 2. The molecule has 0 radical (unpaired) electrons. The molecule has 10 heteroatoms. The van der Waals surface area contributed by atoms with E-state index in [1.54, 1.807) is 30.3 Å². The van der Waals surface area contributed by atoms with Gasteiger partial charge < -0.3 is 23.9 Å². The van der Waals surface area contributed by atoms with Gasteiger partial charge in [0.25, 0.3) is 0 Å². The first-order valence-electron chi connectivity index (χ1n) is 14.7. The number of aromatic carboxylic acids is 1. The molecule has 1 N–H and O–H groups in total. The molecule has 2 atom stereocenters. The summed E-state index contributed by atoms with van der Waals surface area (Å²) in [6.07, 6.45) is 2.94. The van der Waals surface area contributed by atoms with Crippen molar-refractivity contribution in [1.82, 2.24) is 14.5 Å². The van der Waals surface area contributed by atoms with Gasteiger partial charge in [0.05, 0.1) is 35.8 Å². The number of likely N-dealkylation sites (tertiary alicyclic amines) is 1. The van der Waals surface area contributed by atoms with Crippen LogP contribution in [0.1, 0.15) is 59.4 Å². The van der Waals surface area contributed by atoms with Crippen molar-refractivity contribution in [3.05, 3.63) is 88.0 Å². The number of piperidine rings is 1. The maximum Gasteiger partial charge on any atom is 0.335 e. The van der Waals surface area contributed by atoms with Crippen LogP contribution in [0.25, 0.3) is 11.0 Å². The Bertz CT molecular complexity index is 1700. The van der Waals surface area contributed by atoms with E-state index < -0.39 is 17.4 Å². The fraction of sp³-hybridized carbons (Fsp3) is 0.394. The minimum atomic E-state index is -0.984. The highest BCUT2D eigenvalue weighted by Gasteiger charge is 2.39. The summed E-state index contributed by atoms with van der Waals surface area (Å²) >= 11 is 6.00. The molecular formula is C33H33ClFN3O5. The van der Waals surface area contributed by atoms with Crippen molar-refractivity contribution in [3.63, 3.8) is 0 Å². The third-order valence-corrected chi connectivity index (χ3v) is 9.22. The summed E-state index contributed by atoms with van der Waals surface area (Å²) in [5.74, 6) is 1.17. The van der Waals surface area contributed by atoms with Crippen LogP contribution in [0.5, 0.6) is 11.5 Å². The summed E-state index contributed by atoms with van der Waals surface area (Å²) in [5.41, 5.74) is 2.38. The van der Waals surface area contributed by atoms with Gasteiger partial charge in [0, 0.05) is 22.8 Å². The minimum Gasteiger partial charge on any atom is -0.485 e. The second kappa shape index (κ2) is 11.1. The Kier molecular flexibility index (Phi) is 7.27. The number of carbonyl (C=O) groups is 1. The summed E-state index contributed by atoms with van der Waals surface area (Å²) in [6.45, 7) is 5.85. The van der Waals surface area contributed by atoms with Crippen LogP contribution in [0.2, 0.25) is 5.02 Å². The van der Waals surface area contributed by atoms with Crippen LogP contribution in [-0.4, -0.2) is 57.9 Å². The van der Waals surface area contributed by atoms with Crippen molar-refractivity contribution < 1.29 is 28.5 Å². The van der Waals surface area contributed by atoms with Crippen molar-refractivity contribution in [3.8, 4) is 11.5 Å². The fourth-order valence-electron chi connectivity index (χ4n) is 6.46. The third-order valence-electron chi connectivity index (χ3n) is 8.99. The molecule has 0 saturated carbocycles. The monoisotopic (exact) mass is 605 g/mol. The van der Waals surface area contributed by atoms with E-state index in [-0.39, 0.29) is 24.2 Å². The zero-order valence-electron chi connectivity index (χ0n) is 23.9. The Morgan fingerprint density at radius 1 is 1.14 bits per heavy atom. The standard InChI is InChI=1S/C33H33ClFN3O5/c1-33(25-7-6-22(34)16-26(25)35)19-42-29-4-2-3-24(31(29)43-33)20-9-12-37(13-10-20)18-30-36-27-8-5-21(32(39)40)15-28(27)38(30)17-23-11-14-41-23/h2-8,15-16,20,23H,9-14,17-19H2,1H3,(H,39,40). The summed E-state index contributed by atoms with van der Waals surface area (Å²) in [5, 5.41) is 9.88. The third kappa shape index (κ3) is 5.34. The number of aromatic nitrogens is 2. The molecule has 7 rings (SSSR count). The van der Waals surface area contributed by atoms with E-state index in [9.17, 15) is 14.3 Å². The van der Waals surface area contributed by atoms with Gasteiger partial charge in [0.1, 0.15) is 18.2 Å². The first-order chi connectivity index (χ1) is 20.8. The zero-order valence-corrected chi connectivity index (χ0v) is 24.6. The van der Waals surface area contributed by atoms with Crippen LogP contribution in [-0.2, 0) is 23.4 Å². The molecule has 224 valence electrons. The first-order valence-corrected chi connectivity index (χ1v) is 15.1. The van der Waals surface area contributed by atoms with Crippen LogP contribution in [0.3, 0.4) is 0 Å². The number of para-hydroxylation sites is 1. The van der Waals surface area contributed by atoms with Gasteiger partial charge in [0.15, 0.2) is 17.1 Å². The smallest absolute Gasteiger partial charge is 0.335 e. The predicted octanol–water partition coefficient (Wildman–Crippen LogP) is 6.38. The summed E-state index contributed by atoms with van der Waals surface area (Å²) in [7, 11) is 0. The molecule has 0 amide bonds. The number of halogens is 2. The highest BCUT2D eigenvalue weighted by atomic mass is 35.5. The lowest BCUT2D eigenvalue weighted by atomic mass is 9.87. The maximum absolute atomic E-state index is 14.9. The average molecular weight is 606 g/mol. The van der Waals surface area contributed by atoms with Gasteiger partial charge in [-0.25, -0.2) is 14.2 Å². The lowest BCUT2D eigenvalue weighted by molar-refractivity contribution is -0.0592. The van der Waals surface area contributed by atoms with Crippen molar-refractivity contribution >= 4 is 28.6 Å². The number of ether oxygens (including phenoxy) is 3. The van der Waals surface area contributed by atoms with Crippen LogP contribution in [0.4, 0.5) is 4.39 Å². The largest absolute Gasteiger partial charge is 0.485 e. The first kappa shape index (κ1) is 28.1. The molecular weight excluding hydrogens is 573 g/mol. The molecule has 3 aliphatic heterocycles. The molecule has 8 nitrogen and oxygen atoms in total. The molecule has 0 bridgehead atoms. The van der Waals surface area contributed by atoms with Crippen molar-refractivity contribution in [2.45, 2.75) is 56.9 Å². The van der Waals surface area contributed by atoms with Crippen molar-refractivity contribution in [2.24, 2.45) is 0 Å². The van der Waals surface area contributed by atoms with Gasteiger partial charge in [-0.15, -0.1) is 0 Å². The Morgan fingerprint density at radius 2 is 1.95 bits per heavy atom. The topological polar surface area (TPSA) is 86.1 Å². The highest BCUT2D eigenvalue weighted by Crippen LogP contribution is 2.46. The number of nitrogens with zero attached hydrogens (tertiary/aromatic N) is 3. The van der Waals surface area contributed by atoms with Gasteiger partial charge in [-0.3, -0.25) is 4.90 Å². The molecule has 3 aliphatic rings. The van der Waals surface area contributed by atoms with E-state index in [1.807, 2.05) is 19.1 Å². The quantitative estimate of drug-likeness (QED) is 0.261.